The Bertz CT molecular complexity index is 1370. The second kappa shape index (κ2) is 8.69. The number of hydrogen-bond donors (Lipinski definition) is 2. The Morgan fingerprint density at radius 1 is 1.03 bits per heavy atom. The monoisotopic (exact) mass is 479 g/mol. The van der Waals surface area contributed by atoms with Gasteiger partial charge in [0.25, 0.3) is 11.9 Å². The molecule has 6 nitrogen and oxygen atoms in total. The van der Waals surface area contributed by atoms with Crippen molar-refractivity contribution in [3.05, 3.63) is 111 Å². The summed E-state index contributed by atoms with van der Waals surface area (Å²) in [5.74, 6) is -0.495. The summed E-state index contributed by atoms with van der Waals surface area (Å²) in [6, 6.07) is 19.9. The number of carbonyl (C=O) groups excluding carboxylic acids is 1. The maximum atomic E-state index is 14.9. The lowest BCUT2D eigenvalue weighted by Crippen LogP contribution is -2.21. The maximum absolute atomic E-state index is 14.9. The van der Waals surface area contributed by atoms with E-state index in [1.165, 1.54) is 10.7 Å². The van der Waals surface area contributed by atoms with E-state index in [1.54, 1.807) is 36.4 Å². The molecule has 4 aromatic rings. The van der Waals surface area contributed by atoms with Crippen molar-refractivity contribution in [2.24, 2.45) is 0 Å². The van der Waals surface area contributed by atoms with Crippen LogP contribution < -0.4 is 10.6 Å². The zero-order chi connectivity index (χ0) is 22.9. The first kappa shape index (κ1) is 21.2. The predicted molar refractivity (Wildman–Crippen MR) is 127 cm³/mol. The zero-order valence-electron chi connectivity index (χ0n) is 17.0. The van der Waals surface area contributed by atoms with Crippen LogP contribution in [0.2, 0.25) is 10.0 Å². The SMILES string of the molecule is O=C(Nc1nc2n(n1)C(c1c(F)cccc1Cl)C=C(c1ccccc1)N2)c1cccc(Cl)c1. The molecule has 0 spiro atoms. The topological polar surface area (TPSA) is 71.8 Å². The van der Waals surface area contributed by atoms with Crippen LogP contribution in [0.25, 0.3) is 5.70 Å². The summed E-state index contributed by atoms with van der Waals surface area (Å²) in [5.41, 5.74) is 2.22. The number of rotatable bonds is 4. The van der Waals surface area contributed by atoms with Gasteiger partial charge in [0.2, 0.25) is 5.95 Å². The summed E-state index contributed by atoms with van der Waals surface area (Å²) in [6.45, 7) is 0. The van der Waals surface area contributed by atoms with Crippen molar-refractivity contribution >= 4 is 46.7 Å². The van der Waals surface area contributed by atoms with Gasteiger partial charge in [-0.1, -0.05) is 65.7 Å². The quantitative estimate of drug-likeness (QED) is 0.374. The summed E-state index contributed by atoms with van der Waals surface area (Å²) in [4.78, 5) is 17.1. The zero-order valence-corrected chi connectivity index (χ0v) is 18.5. The molecule has 9 heteroatoms. The third kappa shape index (κ3) is 4.20. The Balaban J connectivity index is 1.55. The van der Waals surface area contributed by atoms with E-state index in [4.69, 9.17) is 23.2 Å². The highest BCUT2D eigenvalue weighted by atomic mass is 35.5. The van der Waals surface area contributed by atoms with Gasteiger partial charge in [-0.3, -0.25) is 10.1 Å². The number of benzene rings is 3. The van der Waals surface area contributed by atoms with Crippen molar-refractivity contribution in [3.63, 3.8) is 0 Å². The molecule has 1 aliphatic rings. The highest BCUT2D eigenvalue weighted by Crippen LogP contribution is 2.37. The van der Waals surface area contributed by atoms with Crippen molar-refractivity contribution < 1.29 is 9.18 Å². The number of carbonyl (C=O) groups is 1. The van der Waals surface area contributed by atoms with E-state index in [-0.39, 0.29) is 16.5 Å². The Hall–Kier alpha value is -3.68. The van der Waals surface area contributed by atoms with E-state index in [2.05, 4.69) is 20.7 Å². The van der Waals surface area contributed by atoms with Gasteiger partial charge in [-0.05, 0) is 42.0 Å². The van der Waals surface area contributed by atoms with Crippen molar-refractivity contribution in [1.82, 2.24) is 14.8 Å². The van der Waals surface area contributed by atoms with Gasteiger partial charge >= 0.3 is 0 Å². The Labute approximate surface area is 198 Å². The number of nitrogens with one attached hydrogen (secondary N) is 2. The lowest BCUT2D eigenvalue weighted by molar-refractivity contribution is 0.102. The molecule has 1 amide bonds. The average Bonchev–Trinajstić information content (AvgIpc) is 3.22. The highest BCUT2D eigenvalue weighted by molar-refractivity contribution is 6.31. The molecule has 2 N–H and O–H groups in total. The molecule has 2 heterocycles. The number of amides is 1. The number of fused-ring (bicyclic) bond motifs is 1. The minimum absolute atomic E-state index is 0.0580. The van der Waals surface area contributed by atoms with Gasteiger partial charge in [0.1, 0.15) is 11.9 Å². The van der Waals surface area contributed by atoms with E-state index in [0.717, 1.165) is 5.56 Å². The molecule has 164 valence electrons. The Morgan fingerprint density at radius 3 is 2.58 bits per heavy atom. The van der Waals surface area contributed by atoms with Crippen molar-refractivity contribution in [2.45, 2.75) is 6.04 Å². The van der Waals surface area contributed by atoms with Gasteiger partial charge in [-0.15, -0.1) is 5.10 Å². The smallest absolute Gasteiger partial charge is 0.258 e. The second-order valence-corrected chi connectivity index (χ2v) is 8.16. The van der Waals surface area contributed by atoms with Crippen LogP contribution in [0.4, 0.5) is 16.3 Å². The fraction of sp³-hybridized carbons (Fsp3) is 0.0417. The van der Waals surface area contributed by atoms with Crippen LogP contribution in [-0.2, 0) is 0 Å². The molecule has 0 saturated heterocycles. The number of halogens is 3. The van der Waals surface area contributed by atoms with Crippen molar-refractivity contribution in [1.29, 1.82) is 0 Å². The van der Waals surface area contributed by atoms with Crippen LogP contribution >= 0.6 is 23.2 Å². The summed E-state index contributed by atoms with van der Waals surface area (Å²) >= 11 is 12.4. The molecule has 1 unspecified atom stereocenters. The number of hydrogen-bond acceptors (Lipinski definition) is 4. The number of allylic oxidation sites excluding steroid dienone is 1. The minimum atomic E-state index is -0.686. The molecule has 3 aromatic carbocycles. The Kier molecular flexibility index (Phi) is 5.58. The summed E-state index contributed by atoms with van der Waals surface area (Å²) in [6.07, 6.45) is 1.82. The van der Waals surface area contributed by atoms with Crippen molar-refractivity contribution in [2.75, 3.05) is 10.6 Å². The lowest BCUT2D eigenvalue weighted by atomic mass is 10.0. The van der Waals surface area contributed by atoms with E-state index in [0.29, 0.717) is 22.2 Å². The van der Waals surface area contributed by atoms with Gasteiger partial charge < -0.3 is 5.32 Å². The molecule has 1 atom stereocenters. The molecule has 0 aliphatic carbocycles. The first-order chi connectivity index (χ1) is 16.0. The predicted octanol–water partition coefficient (Wildman–Crippen LogP) is 6.03. The van der Waals surface area contributed by atoms with Gasteiger partial charge in [-0.2, -0.15) is 4.98 Å². The normalized spacial score (nSPS) is 14.8. The van der Waals surface area contributed by atoms with E-state index >= 15 is 0 Å². The van der Waals surface area contributed by atoms with E-state index < -0.39 is 17.8 Å². The molecule has 0 saturated carbocycles. The largest absolute Gasteiger partial charge is 0.324 e. The van der Waals surface area contributed by atoms with Crippen molar-refractivity contribution in [3.8, 4) is 0 Å². The molecule has 0 fully saturated rings. The highest BCUT2D eigenvalue weighted by Gasteiger charge is 2.29. The van der Waals surface area contributed by atoms with E-state index in [1.807, 2.05) is 36.4 Å². The number of aromatic nitrogens is 3. The third-order valence-electron chi connectivity index (χ3n) is 5.16. The van der Waals surface area contributed by atoms with Gasteiger partial charge in [0, 0.05) is 26.9 Å². The number of nitrogens with zero attached hydrogens (tertiary/aromatic N) is 3. The Morgan fingerprint density at radius 2 is 1.82 bits per heavy atom. The fourth-order valence-corrected chi connectivity index (χ4v) is 4.10. The lowest BCUT2D eigenvalue weighted by Gasteiger charge is -2.25. The van der Waals surface area contributed by atoms with Crippen LogP contribution in [0.15, 0.2) is 78.9 Å². The maximum Gasteiger partial charge on any atom is 0.258 e. The first-order valence-electron chi connectivity index (χ1n) is 10.0. The summed E-state index contributed by atoms with van der Waals surface area (Å²) in [7, 11) is 0. The molecule has 1 aliphatic heterocycles. The molecular formula is C24H16Cl2FN5O. The van der Waals surface area contributed by atoms with Crippen LogP contribution in [-0.4, -0.2) is 20.7 Å². The fourth-order valence-electron chi connectivity index (χ4n) is 3.63. The molecule has 0 radical (unpaired) electrons. The molecule has 0 bridgehead atoms. The molecule has 5 rings (SSSR count). The van der Waals surface area contributed by atoms with Gasteiger partial charge in [0.15, 0.2) is 0 Å². The standard InChI is InChI=1S/C24H16Cl2FN5O/c25-16-9-4-8-15(12-16)22(33)29-23-30-24-28-19(14-6-2-1-3-7-14)13-20(32(24)31-23)21-17(26)10-5-11-18(21)27/h1-13,20H,(H2,28,29,30,31,33). The van der Waals surface area contributed by atoms with E-state index in [9.17, 15) is 9.18 Å². The average molecular weight is 480 g/mol. The molecule has 33 heavy (non-hydrogen) atoms. The second-order valence-electron chi connectivity index (χ2n) is 7.32. The van der Waals surface area contributed by atoms with Crippen LogP contribution in [0, 0.1) is 5.82 Å². The van der Waals surface area contributed by atoms with Crippen LogP contribution in [0.3, 0.4) is 0 Å². The summed E-state index contributed by atoms with van der Waals surface area (Å²) in [5, 5.41) is 11.0. The van der Waals surface area contributed by atoms with Crippen LogP contribution in [0.5, 0.6) is 0 Å². The molecule has 1 aromatic heterocycles. The third-order valence-corrected chi connectivity index (χ3v) is 5.72. The minimum Gasteiger partial charge on any atom is -0.324 e. The summed E-state index contributed by atoms with van der Waals surface area (Å²) < 4.78 is 16.3. The van der Waals surface area contributed by atoms with Gasteiger partial charge in [0.05, 0.1) is 0 Å². The van der Waals surface area contributed by atoms with Crippen LogP contribution in [0.1, 0.15) is 27.5 Å². The number of anilines is 2. The first-order valence-corrected chi connectivity index (χ1v) is 10.8. The molecular weight excluding hydrogens is 464 g/mol. The van der Waals surface area contributed by atoms with Gasteiger partial charge in [-0.25, -0.2) is 9.07 Å².